The third kappa shape index (κ3) is 3.51. The average Bonchev–Trinajstić information content (AvgIpc) is 3.49. The lowest BCUT2D eigenvalue weighted by Gasteiger charge is -2.38. The smallest absolute Gasteiger partial charge is 0.238 e. The normalized spacial score (nSPS) is 23.5. The highest BCUT2D eigenvalue weighted by molar-refractivity contribution is 6.16. The minimum absolute atomic E-state index is 0.230. The number of Topliss-reactive ketones (excluding diaryl/α,β-unsaturated/α-hetero) is 2. The van der Waals surface area contributed by atoms with Crippen molar-refractivity contribution >= 4 is 29.2 Å². The van der Waals surface area contributed by atoms with Gasteiger partial charge in [-0.05, 0) is 65.2 Å². The van der Waals surface area contributed by atoms with Gasteiger partial charge in [0.2, 0.25) is 5.91 Å². The quantitative estimate of drug-likeness (QED) is 0.321. The molecule has 7 rings (SSSR count). The molecule has 0 aliphatic carbocycles. The maximum absolute atomic E-state index is 14.7. The fraction of sp³-hybridized carbons (Fsp3) is 0.147. The number of ether oxygens (including phenoxy) is 1. The molecule has 3 aliphatic heterocycles. The summed E-state index contributed by atoms with van der Waals surface area (Å²) in [5.74, 6) is -2.17. The second-order valence-electron chi connectivity index (χ2n) is 10.6. The predicted molar refractivity (Wildman–Crippen MR) is 152 cm³/mol. The number of hydrogen-bond acceptors (Lipinski definition) is 5. The van der Waals surface area contributed by atoms with Gasteiger partial charge in [-0.3, -0.25) is 14.4 Å². The van der Waals surface area contributed by atoms with Gasteiger partial charge in [0.25, 0.3) is 0 Å². The number of para-hydroxylation sites is 1. The number of carbonyl (C=O) groups is 3. The van der Waals surface area contributed by atoms with Crippen LogP contribution in [-0.4, -0.2) is 35.5 Å². The lowest BCUT2D eigenvalue weighted by molar-refractivity contribution is -0.122. The Hall–Kier alpha value is -5.04. The molecule has 0 unspecified atom stereocenters. The van der Waals surface area contributed by atoms with Gasteiger partial charge in [0.1, 0.15) is 23.0 Å². The van der Waals surface area contributed by atoms with Crippen molar-refractivity contribution in [3.8, 4) is 5.75 Å². The molecule has 0 bridgehead atoms. The van der Waals surface area contributed by atoms with Gasteiger partial charge >= 0.3 is 0 Å². The molecule has 4 atom stereocenters. The minimum Gasteiger partial charge on any atom is -0.497 e. The van der Waals surface area contributed by atoms with Crippen molar-refractivity contribution in [2.75, 3.05) is 12.4 Å². The Bertz CT molecular complexity index is 1760. The minimum atomic E-state index is -1.44. The number of methoxy groups -OCH3 is 1. The molecule has 1 amide bonds. The van der Waals surface area contributed by atoms with E-state index in [4.69, 9.17) is 4.74 Å². The molecule has 7 heteroatoms. The van der Waals surface area contributed by atoms with Crippen molar-refractivity contribution in [2.24, 2.45) is 5.92 Å². The summed E-state index contributed by atoms with van der Waals surface area (Å²) in [5, 5.41) is 3.02. The van der Waals surface area contributed by atoms with Crippen molar-refractivity contribution < 1.29 is 23.5 Å². The van der Waals surface area contributed by atoms with Gasteiger partial charge in [-0.15, -0.1) is 0 Å². The van der Waals surface area contributed by atoms with E-state index in [0.29, 0.717) is 22.6 Å². The highest BCUT2D eigenvalue weighted by Crippen LogP contribution is 2.62. The van der Waals surface area contributed by atoms with Crippen LogP contribution in [0.3, 0.4) is 0 Å². The summed E-state index contributed by atoms with van der Waals surface area (Å²) in [6, 6.07) is 25.5. The number of halogens is 1. The fourth-order valence-corrected chi connectivity index (χ4v) is 6.91. The monoisotopic (exact) mass is 544 g/mol. The Balaban J connectivity index is 1.53. The van der Waals surface area contributed by atoms with E-state index in [0.717, 1.165) is 11.1 Å². The van der Waals surface area contributed by atoms with Gasteiger partial charge in [0.15, 0.2) is 11.6 Å². The van der Waals surface area contributed by atoms with Crippen LogP contribution in [0.2, 0.25) is 0 Å². The Labute approximate surface area is 236 Å². The third-order valence-electron chi connectivity index (χ3n) is 8.60. The van der Waals surface area contributed by atoms with Crippen LogP contribution in [0, 0.1) is 11.7 Å². The number of benzene rings is 4. The maximum atomic E-state index is 14.7. The zero-order valence-corrected chi connectivity index (χ0v) is 22.1. The van der Waals surface area contributed by atoms with E-state index in [1.54, 1.807) is 24.3 Å². The van der Waals surface area contributed by atoms with Crippen LogP contribution < -0.4 is 10.1 Å². The summed E-state index contributed by atoms with van der Waals surface area (Å²) >= 11 is 0. The average molecular weight is 545 g/mol. The van der Waals surface area contributed by atoms with Crippen LogP contribution in [0.1, 0.15) is 43.4 Å². The fourth-order valence-electron chi connectivity index (χ4n) is 6.91. The first-order chi connectivity index (χ1) is 19.9. The third-order valence-corrected chi connectivity index (χ3v) is 8.60. The first-order valence-corrected chi connectivity index (χ1v) is 13.4. The van der Waals surface area contributed by atoms with Gasteiger partial charge in [-0.25, -0.2) is 4.39 Å². The standard InChI is InChI=1S/C34H25FN2O4/c1-41-24-9-6-8-22(19-24)31(39)29-28(30(38)21-13-15-23(35)16-14-21)34(26-11-4-5-12-27(26)36-33(34)40)32-25-10-3-2-7-20(25)17-18-37(29)32/h2-19,28-29,32H,1H3,(H,36,40)/t28-,29-,32+,34+/m0/s1. The van der Waals surface area contributed by atoms with E-state index in [1.807, 2.05) is 65.7 Å². The Morgan fingerprint density at radius 3 is 2.44 bits per heavy atom. The summed E-state index contributed by atoms with van der Waals surface area (Å²) in [5.41, 5.74) is 2.17. The van der Waals surface area contributed by atoms with Crippen LogP contribution >= 0.6 is 0 Å². The van der Waals surface area contributed by atoms with Gasteiger partial charge in [0, 0.05) is 23.0 Å². The van der Waals surface area contributed by atoms with E-state index in [-0.39, 0.29) is 17.3 Å². The lowest BCUT2D eigenvalue weighted by Crippen LogP contribution is -2.49. The molecule has 1 saturated heterocycles. The molecule has 6 nitrogen and oxygen atoms in total. The first kappa shape index (κ1) is 25.0. The summed E-state index contributed by atoms with van der Waals surface area (Å²) in [6.45, 7) is 0. The Kier molecular flexibility index (Phi) is 5.64. The summed E-state index contributed by atoms with van der Waals surface area (Å²) in [6.07, 6.45) is 3.73. The number of amides is 1. The summed E-state index contributed by atoms with van der Waals surface area (Å²) in [7, 11) is 1.52. The molecular weight excluding hydrogens is 519 g/mol. The molecule has 1 fully saturated rings. The van der Waals surface area contributed by atoms with Crippen LogP contribution in [0.25, 0.3) is 6.08 Å². The van der Waals surface area contributed by atoms with Gasteiger partial charge in [-0.2, -0.15) is 0 Å². The van der Waals surface area contributed by atoms with Crippen LogP contribution in [-0.2, 0) is 10.2 Å². The number of fused-ring (bicyclic) bond motifs is 6. The molecule has 3 heterocycles. The largest absolute Gasteiger partial charge is 0.497 e. The van der Waals surface area contributed by atoms with Gasteiger partial charge < -0.3 is 15.0 Å². The molecule has 4 aromatic carbocycles. The highest BCUT2D eigenvalue weighted by atomic mass is 19.1. The SMILES string of the molecule is COc1cccc(C(=O)[C@@H]2[C@@H](C(=O)c3ccc(F)cc3)[C@@]3(C(=O)Nc4ccccc43)[C@H]3c4ccccc4C=CN23)c1. The number of rotatable bonds is 5. The molecule has 0 saturated carbocycles. The van der Waals surface area contributed by atoms with E-state index in [9.17, 15) is 18.8 Å². The van der Waals surface area contributed by atoms with Gasteiger partial charge in [-0.1, -0.05) is 54.6 Å². The molecule has 1 spiro atoms. The number of ketones is 2. The molecule has 202 valence electrons. The molecule has 3 aliphatic rings. The van der Waals surface area contributed by atoms with Crippen molar-refractivity contribution in [3.63, 3.8) is 0 Å². The lowest BCUT2D eigenvalue weighted by atomic mass is 9.62. The van der Waals surface area contributed by atoms with Crippen molar-refractivity contribution in [2.45, 2.75) is 17.5 Å². The first-order valence-electron chi connectivity index (χ1n) is 13.4. The number of carbonyl (C=O) groups excluding carboxylic acids is 3. The predicted octanol–water partition coefficient (Wildman–Crippen LogP) is 5.82. The van der Waals surface area contributed by atoms with Crippen molar-refractivity contribution in [3.05, 3.63) is 137 Å². The molecule has 0 aromatic heterocycles. The zero-order valence-electron chi connectivity index (χ0n) is 22.1. The number of anilines is 1. The van der Waals surface area contributed by atoms with Gasteiger partial charge in [0.05, 0.1) is 19.1 Å². The number of nitrogens with one attached hydrogen (secondary N) is 1. The molecule has 0 radical (unpaired) electrons. The van der Waals surface area contributed by atoms with Crippen molar-refractivity contribution in [1.82, 2.24) is 4.90 Å². The van der Waals surface area contributed by atoms with E-state index >= 15 is 0 Å². The second-order valence-corrected chi connectivity index (χ2v) is 10.6. The van der Waals surface area contributed by atoms with Crippen molar-refractivity contribution in [1.29, 1.82) is 0 Å². The second kappa shape index (κ2) is 9.27. The highest BCUT2D eigenvalue weighted by Gasteiger charge is 2.70. The van der Waals surface area contributed by atoms with E-state index in [1.165, 1.54) is 31.4 Å². The summed E-state index contributed by atoms with van der Waals surface area (Å²) < 4.78 is 19.3. The number of hydrogen-bond donors (Lipinski definition) is 1. The Morgan fingerprint density at radius 2 is 1.63 bits per heavy atom. The molecule has 4 aromatic rings. The van der Waals surface area contributed by atoms with Crippen LogP contribution in [0.4, 0.5) is 10.1 Å². The van der Waals surface area contributed by atoms with Crippen LogP contribution in [0.15, 0.2) is 103 Å². The molecule has 41 heavy (non-hydrogen) atoms. The summed E-state index contributed by atoms with van der Waals surface area (Å²) in [4.78, 5) is 45.5. The van der Waals surface area contributed by atoms with Crippen LogP contribution in [0.5, 0.6) is 5.75 Å². The maximum Gasteiger partial charge on any atom is 0.238 e. The zero-order chi connectivity index (χ0) is 28.3. The molecule has 1 N–H and O–H groups in total. The van der Waals surface area contributed by atoms with E-state index < -0.39 is 35.0 Å². The van der Waals surface area contributed by atoms with E-state index in [2.05, 4.69) is 5.32 Å². The molecular formula is C34H25FN2O4. The Morgan fingerprint density at radius 1 is 0.878 bits per heavy atom. The topological polar surface area (TPSA) is 75.7 Å². The number of nitrogens with zero attached hydrogens (tertiary/aromatic N) is 1.